The highest BCUT2D eigenvalue weighted by Crippen LogP contribution is 2.24. The van der Waals surface area contributed by atoms with Gasteiger partial charge < -0.3 is 14.6 Å². The van der Waals surface area contributed by atoms with Crippen molar-refractivity contribution in [2.45, 2.75) is 0 Å². The molecule has 0 aliphatic rings. The highest BCUT2D eigenvalue weighted by atomic mass is 16.7. The molecule has 0 saturated heterocycles. The molecule has 2 aromatic rings. The van der Waals surface area contributed by atoms with Gasteiger partial charge in [-0.05, 0) is 41.5 Å². The van der Waals surface area contributed by atoms with Gasteiger partial charge in [0.1, 0.15) is 11.5 Å². The van der Waals surface area contributed by atoms with Gasteiger partial charge in [0.15, 0.2) is 6.79 Å². The molecule has 0 bridgehead atoms. The smallest absolute Gasteiger partial charge is 0.188 e. The molecular weight excluding hydrogens is 216 g/mol. The molecule has 0 aliphatic carbocycles. The van der Waals surface area contributed by atoms with E-state index >= 15 is 0 Å². The maximum absolute atomic E-state index is 9.22. The summed E-state index contributed by atoms with van der Waals surface area (Å²) in [6, 6.07) is 15.6. The van der Waals surface area contributed by atoms with Crippen molar-refractivity contribution in [3.05, 3.63) is 48.5 Å². The first kappa shape index (κ1) is 11.5. The van der Waals surface area contributed by atoms with E-state index in [1.807, 2.05) is 24.3 Å². The van der Waals surface area contributed by atoms with Crippen LogP contribution in [0.5, 0.6) is 11.5 Å². The monoisotopic (exact) mass is 229 g/mol. The highest BCUT2D eigenvalue weighted by Gasteiger charge is 2.00. The molecule has 0 aliphatic heterocycles. The van der Waals surface area contributed by atoms with Gasteiger partial charge in [0.25, 0.3) is 0 Å². The van der Waals surface area contributed by atoms with E-state index < -0.39 is 0 Å². The molecule has 2 rings (SSSR count). The van der Waals surface area contributed by atoms with Crippen molar-refractivity contribution in [1.29, 1.82) is 0 Å². The molecule has 3 heteroatoms. The zero-order valence-electron chi connectivity index (χ0n) is 9.51. The van der Waals surface area contributed by atoms with Crippen LogP contribution in [0, 0.1) is 6.07 Å². The summed E-state index contributed by atoms with van der Waals surface area (Å²) >= 11 is 0. The van der Waals surface area contributed by atoms with E-state index in [2.05, 4.69) is 6.07 Å². The van der Waals surface area contributed by atoms with Gasteiger partial charge >= 0.3 is 0 Å². The quantitative estimate of drug-likeness (QED) is 0.819. The minimum absolute atomic E-state index is 0.221. The molecule has 1 N–H and O–H groups in total. The normalized spacial score (nSPS) is 10.2. The van der Waals surface area contributed by atoms with Crippen molar-refractivity contribution in [3.8, 4) is 22.6 Å². The van der Waals surface area contributed by atoms with Crippen LogP contribution in [0.3, 0.4) is 0 Å². The number of phenols is 1. The molecule has 0 spiro atoms. The lowest BCUT2D eigenvalue weighted by Crippen LogP contribution is -1.98. The Morgan fingerprint density at radius 1 is 1.18 bits per heavy atom. The van der Waals surface area contributed by atoms with E-state index in [1.54, 1.807) is 25.3 Å². The second-order valence-electron chi connectivity index (χ2n) is 3.54. The molecule has 0 atom stereocenters. The predicted molar refractivity (Wildman–Crippen MR) is 64.9 cm³/mol. The minimum atomic E-state index is 0.221. The third kappa shape index (κ3) is 2.98. The van der Waals surface area contributed by atoms with Crippen molar-refractivity contribution >= 4 is 0 Å². The maximum atomic E-state index is 9.22. The van der Waals surface area contributed by atoms with Crippen LogP contribution in [0.15, 0.2) is 42.5 Å². The van der Waals surface area contributed by atoms with Gasteiger partial charge in [0, 0.05) is 7.11 Å². The Morgan fingerprint density at radius 2 is 1.94 bits per heavy atom. The van der Waals surface area contributed by atoms with Crippen LogP contribution in [0.25, 0.3) is 11.1 Å². The second-order valence-corrected chi connectivity index (χ2v) is 3.54. The Labute approximate surface area is 100 Å². The molecule has 87 valence electrons. The lowest BCUT2D eigenvalue weighted by Gasteiger charge is -2.06. The molecular formula is C14H13O3. The third-order valence-corrected chi connectivity index (χ3v) is 2.29. The van der Waals surface area contributed by atoms with Gasteiger partial charge in [0.2, 0.25) is 0 Å². The van der Waals surface area contributed by atoms with Gasteiger partial charge in [-0.1, -0.05) is 18.2 Å². The molecule has 0 heterocycles. The Kier molecular flexibility index (Phi) is 3.62. The van der Waals surface area contributed by atoms with Crippen molar-refractivity contribution in [2.24, 2.45) is 0 Å². The summed E-state index contributed by atoms with van der Waals surface area (Å²) in [4.78, 5) is 0. The first-order valence-electron chi connectivity index (χ1n) is 5.22. The number of hydrogen-bond acceptors (Lipinski definition) is 3. The summed E-state index contributed by atoms with van der Waals surface area (Å²) in [7, 11) is 1.58. The summed E-state index contributed by atoms with van der Waals surface area (Å²) in [5.41, 5.74) is 1.89. The molecule has 1 radical (unpaired) electrons. The van der Waals surface area contributed by atoms with Crippen LogP contribution < -0.4 is 4.74 Å². The lowest BCUT2D eigenvalue weighted by atomic mass is 10.1. The van der Waals surface area contributed by atoms with Crippen LogP contribution in [0.4, 0.5) is 0 Å². The molecule has 0 fully saturated rings. The Bertz CT molecular complexity index is 477. The number of benzene rings is 2. The average Bonchev–Trinajstić information content (AvgIpc) is 2.37. The zero-order valence-corrected chi connectivity index (χ0v) is 9.51. The number of rotatable bonds is 4. The van der Waals surface area contributed by atoms with E-state index in [0.29, 0.717) is 0 Å². The zero-order chi connectivity index (χ0) is 12.1. The fourth-order valence-electron chi connectivity index (χ4n) is 1.47. The van der Waals surface area contributed by atoms with E-state index in [-0.39, 0.29) is 12.5 Å². The molecule has 17 heavy (non-hydrogen) atoms. The summed E-state index contributed by atoms with van der Waals surface area (Å²) in [6.07, 6.45) is 0. The molecule has 2 aromatic carbocycles. The largest absolute Gasteiger partial charge is 0.508 e. The van der Waals surface area contributed by atoms with Gasteiger partial charge in [-0.25, -0.2) is 0 Å². The van der Waals surface area contributed by atoms with E-state index in [0.717, 1.165) is 16.9 Å². The first-order chi connectivity index (χ1) is 8.29. The van der Waals surface area contributed by atoms with Gasteiger partial charge in [-0.3, -0.25) is 0 Å². The molecule has 0 amide bonds. The first-order valence-corrected chi connectivity index (χ1v) is 5.22. The molecule has 0 aromatic heterocycles. The fourth-order valence-corrected chi connectivity index (χ4v) is 1.47. The topological polar surface area (TPSA) is 38.7 Å². The van der Waals surface area contributed by atoms with Crippen LogP contribution in [-0.4, -0.2) is 19.0 Å². The number of methoxy groups -OCH3 is 1. The Hall–Kier alpha value is -2.00. The van der Waals surface area contributed by atoms with Crippen molar-refractivity contribution in [2.75, 3.05) is 13.9 Å². The van der Waals surface area contributed by atoms with Gasteiger partial charge in [-0.15, -0.1) is 0 Å². The summed E-state index contributed by atoms with van der Waals surface area (Å²) in [5.74, 6) is 0.981. The van der Waals surface area contributed by atoms with Crippen LogP contribution in [0.1, 0.15) is 0 Å². The number of phenolic OH excluding ortho intramolecular Hbond substituents is 1. The SMILES string of the molecule is COCOc1cc[c]c(-c2ccc(O)cc2)c1. The van der Waals surface area contributed by atoms with E-state index in [1.165, 1.54) is 0 Å². The molecule has 0 unspecified atom stereocenters. The average molecular weight is 229 g/mol. The van der Waals surface area contributed by atoms with Gasteiger partial charge in [0.05, 0.1) is 0 Å². The number of aromatic hydroxyl groups is 1. The van der Waals surface area contributed by atoms with E-state index in [4.69, 9.17) is 9.47 Å². The third-order valence-electron chi connectivity index (χ3n) is 2.29. The highest BCUT2D eigenvalue weighted by molar-refractivity contribution is 5.65. The van der Waals surface area contributed by atoms with Crippen LogP contribution >= 0.6 is 0 Å². The predicted octanol–water partition coefficient (Wildman–Crippen LogP) is 2.84. The standard InChI is InChI=1S/C14H13O3/c1-16-10-17-14-4-2-3-12(9-14)11-5-7-13(15)8-6-11/h2,4-9,15H,10H2,1H3. The maximum Gasteiger partial charge on any atom is 0.188 e. The fraction of sp³-hybridized carbons (Fsp3) is 0.143. The van der Waals surface area contributed by atoms with Crippen molar-refractivity contribution in [3.63, 3.8) is 0 Å². The second kappa shape index (κ2) is 5.37. The minimum Gasteiger partial charge on any atom is -0.508 e. The Balaban J connectivity index is 2.23. The summed E-state index contributed by atoms with van der Waals surface area (Å²) in [6.45, 7) is 0.221. The number of ether oxygens (including phenoxy) is 2. The van der Waals surface area contributed by atoms with E-state index in [9.17, 15) is 5.11 Å². The molecule has 0 saturated carbocycles. The van der Waals surface area contributed by atoms with Crippen molar-refractivity contribution < 1.29 is 14.6 Å². The molecule has 3 nitrogen and oxygen atoms in total. The number of hydrogen-bond donors (Lipinski definition) is 1. The van der Waals surface area contributed by atoms with Crippen LogP contribution in [0.2, 0.25) is 0 Å². The Morgan fingerprint density at radius 3 is 2.65 bits per heavy atom. The van der Waals surface area contributed by atoms with Crippen molar-refractivity contribution in [1.82, 2.24) is 0 Å². The van der Waals surface area contributed by atoms with Crippen LogP contribution in [-0.2, 0) is 4.74 Å². The summed E-state index contributed by atoms with van der Waals surface area (Å²) in [5, 5.41) is 9.22. The summed E-state index contributed by atoms with van der Waals surface area (Å²) < 4.78 is 10.2. The lowest BCUT2D eigenvalue weighted by molar-refractivity contribution is 0.0511. The van der Waals surface area contributed by atoms with Gasteiger partial charge in [-0.2, -0.15) is 0 Å².